The number of anilines is 1. The van der Waals surface area contributed by atoms with Crippen LogP contribution in [-0.2, 0) is 9.59 Å². The lowest BCUT2D eigenvalue weighted by molar-refractivity contribution is -0.127. The summed E-state index contributed by atoms with van der Waals surface area (Å²) in [7, 11) is 0. The molecule has 2 atom stereocenters. The van der Waals surface area contributed by atoms with Crippen molar-refractivity contribution in [3.05, 3.63) is 89.5 Å². The lowest BCUT2D eigenvalue weighted by Crippen LogP contribution is -2.51. The van der Waals surface area contributed by atoms with Gasteiger partial charge in [-0.2, -0.15) is 0 Å². The largest absolute Gasteiger partial charge is 0.485 e. The number of nitrogens with one attached hydrogen (secondary N) is 1. The first-order valence-electron chi connectivity index (χ1n) is 11.3. The number of rotatable bonds is 8. The number of carbonyl (C=O) groups excluding carboxylic acids is 3. The number of Topliss-reactive ketones (excluding diaryl/α,β-unsaturated/α-hetero) is 1. The van der Waals surface area contributed by atoms with E-state index < -0.39 is 36.0 Å². The van der Waals surface area contributed by atoms with Crippen LogP contribution in [0.1, 0.15) is 35.8 Å². The first kappa shape index (κ1) is 24.8. The third-order valence-electron chi connectivity index (χ3n) is 5.85. The molecule has 0 saturated heterocycles. The lowest BCUT2D eigenvalue weighted by Gasteiger charge is -2.34. The summed E-state index contributed by atoms with van der Waals surface area (Å²) >= 11 is 0. The Morgan fingerprint density at radius 2 is 1.78 bits per heavy atom. The molecule has 0 aliphatic carbocycles. The number of hydrogen-bond acceptors (Lipinski definition) is 5. The second kappa shape index (κ2) is 10.6. The van der Waals surface area contributed by atoms with E-state index in [1.807, 2.05) is 37.3 Å². The number of nitrogens with zero attached hydrogens (tertiary/aromatic N) is 1. The Balaban J connectivity index is 1.50. The zero-order valence-corrected chi connectivity index (χ0v) is 19.7. The Hall–Kier alpha value is -4.27. The highest BCUT2D eigenvalue weighted by Gasteiger charge is 2.34. The molecule has 1 N–H and O–H groups in total. The summed E-state index contributed by atoms with van der Waals surface area (Å²) in [5.74, 6) is -3.03. The van der Waals surface area contributed by atoms with Gasteiger partial charge in [0, 0.05) is 11.6 Å². The van der Waals surface area contributed by atoms with Crippen molar-refractivity contribution in [1.29, 1.82) is 0 Å². The fourth-order valence-electron chi connectivity index (χ4n) is 3.84. The predicted molar refractivity (Wildman–Crippen MR) is 128 cm³/mol. The van der Waals surface area contributed by atoms with Crippen molar-refractivity contribution in [2.75, 3.05) is 18.1 Å². The van der Waals surface area contributed by atoms with Crippen LogP contribution in [0.5, 0.6) is 11.5 Å². The van der Waals surface area contributed by atoms with Crippen LogP contribution in [0.25, 0.3) is 0 Å². The van der Waals surface area contributed by atoms with Gasteiger partial charge in [0.25, 0.3) is 5.91 Å². The highest BCUT2D eigenvalue weighted by Crippen LogP contribution is 2.34. The molecule has 1 aliphatic rings. The van der Waals surface area contributed by atoms with Crippen molar-refractivity contribution >= 4 is 23.3 Å². The quantitative estimate of drug-likeness (QED) is 0.474. The van der Waals surface area contributed by atoms with Gasteiger partial charge in [-0.05, 0) is 49.7 Å². The minimum atomic E-state index is -1.09. The van der Waals surface area contributed by atoms with Crippen LogP contribution >= 0.6 is 0 Å². The molecule has 0 bridgehead atoms. The summed E-state index contributed by atoms with van der Waals surface area (Å²) in [5, 5.41) is 2.91. The molecule has 0 fully saturated rings. The average molecular weight is 494 g/mol. The van der Waals surface area contributed by atoms with E-state index in [1.54, 1.807) is 6.92 Å². The summed E-state index contributed by atoms with van der Waals surface area (Å²) in [6.45, 7) is 2.76. The standard InChI is InChI=1S/C27H24F2N2O5/c1-16(18-6-4-3-5-7-18)30-27(34)17(2)31-23-12-19(8-11-25(23)36-15-26(31)33)24(32)14-35-20-9-10-21(28)22(29)13-20/h3-13,16-17H,14-15H2,1-2H3,(H,30,34)/t16-,17-/m1/s1. The van der Waals surface area contributed by atoms with Gasteiger partial charge in [0.15, 0.2) is 30.6 Å². The number of ether oxygens (including phenoxy) is 2. The molecule has 3 aromatic carbocycles. The number of hydrogen-bond donors (Lipinski definition) is 1. The maximum absolute atomic E-state index is 13.4. The molecular formula is C27H24F2N2O5. The lowest BCUT2D eigenvalue weighted by atomic mass is 10.1. The van der Waals surface area contributed by atoms with E-state index in [4.69, 9.17) is 9.47 Å². The average Bonchev–Trinajstić information content (AvgIpc) is 2.88. The fraction of sp³-hybridized carbons (Fsp3) is 0.222. The molecule has 0 aromatic heterocycles. The molecule has 0 unspecified atom stereocenters. The summed E-state index contributed by atoms with van der Waals surface area (Å²) in [6.07, 6.45) is 0. The van der Waals surface area contributed by atoms with Gasteiger partial charge in [-0.15, -0.1) is 0 Å². The molecule has 4 rings (SSSR count). The van der Waals surface area contributed by atoms with E-state index in [0.29, 0.717) is 5.75 Å². The molecule has 36 heavy (non-hydrogen) atoms. The van der Waals surface area contributed by atoms with E-state index in [-0.39, 0.29) is 35.6 Å². The summed E-state index contributed by atoms with van der Waals surface area (Å²) in [4.78, 5) is 39.8. The van der Waals surface area contributed by atoms with Crippen LogP contribution < -0.4 is 19.7 Å². The Morgan fingerprint density at radius 1 is 1.03 bits per heavy atom. The highest BCUT2D eigenvalue weighted by atomic mass is 19.2. The van der Waals surface area contributed by atoms with Gasteiger partial charge in [0.2, 0.25) is 5.91 Å². The normalized spacial score (nSPS) is 14.3. The molecule has 1 heterocycles. The van der Waals surface area contributed by atoms with Crippen molar-refractivity contribution in [2.45, 2.75) is 25.9 Å². The Bertz CT molecular complexity index is 1300. The van der Waals surface area contributed by atoms with Gasteiger partial charge in [0.1, 0.15) is 17.5 Å². The minimum Gasteiger partial charge on any atom is -0.485 e. The van der Waals surface area contributed by atoms with E-state index >= 15 is 0 Å². The van der Waals surface area contributed by atoms with Crippen molar-refractivity contribution < 1.29 is 32.6 Å². The van der Waals surface area contributed by atoms with E-state index in [1.165, 1.54) is 29.2 Å². The van der Waals surface area contributed by atoms with Gasteiger partial charge >= 0.3 is 0 Å². The van der Waals surface area contributed by atoms with Crippen LogP contribution in [0.4, 0.5) is 14.5 Å². The zero-order valence-electron chi connectivity index (χ0n) is 19.7. The van der Waals surface area contributed by atoms with Crippen LogP contribution in [-0.4, -0.2) is 36.9 Å². The van der Waals surface area contributed by atoms with Crippen LogP contribution in [0.15, 0.2) is 66.7 Å². The molecule has 0 radical (unpaired) electrons. The monoisotopic (exact) mass is 494 g/mol. The molecule has 186 valence electrons. The molecule has 7 nitrogen and oxygen atoms in total. The van der Waals surface area contributed by atoms with E-state index in [0.717, 1.165) is 17.7 Å². The maximum Gasteiger partial charge on any atom is 0.265 e. The first-order valence-corrected chi connectivity index (χ1v) is 11.3. The topological polar surface area (TPSA) is 84.9 Å². The van der Waals surface area contributed by atoms with Crippen LogP contribution in [0, 0.1) is 11.6 Å². The molecule has 2 amide bonds. The number of ketones is 1. The zero-order chi connectivity index (χ0) is 25.8. The molecule has 3 aromatic rings. The van der Waals surface area contributed by atoms with E-state index in [9.17, 15) is 23.2 Å². The van der Waals surface area contributed by atoms with Crippen LogP contribution in [0.2, 0.25) is 0 Å². The van der Waals surface area contributed by atoms with Crippen molar-refractivity contribution in [3.63, 3.8) is 0 Å². The van der Waals surface area contributed by atoms with Gasteiger partial charge in [-0.3, -0.25) is 19.3 Å². The number of fused-ring (bicyclic) bond motifs is 1. The van der Waals surface area contributed by atoms with Gasteiger partial charge in [0.05, 0.1) is 11.7 Å². The second-order valence-corrected chi connectivity index (χ2v) is 8.34. The molecule has 9 heteroatoms. The van der Waals surface area contributed by atoms with Gasteiger partial charge in [-0.25, -0.2) is 8.78 Å². The SMILES string of the molecule is C[C@H](C(=O)N[C@H](C)c1ccccc1)N1C(=O)COc2ccc(C(=O)COc3ccc(F)c(F)c3)cc21. The van der Waals surface area contributed by atoms with E-state index in [2.05, 4.69) is 5.32 Å². The third-order valence-corrected chi connectivity index (χ3v) is 5.85. The van der Waals surface area contributed by atoms with Crippen LogP contribution in [0.3, 0.4) is 0 Å². The summed E-state index contributed by atoms with van der Waals surface area (Å²) < 4.78 is 37.3. The highest BCUT2D eigenvalue weighted by molar-refractivity contribution is 6.06. The molecule has 1 aliphatic heterocycles. The first-order chi connectivity index (χ1) is 17.2. The summed E-state index contributed by atoms with van der Waals surface area (Å²) in [5.41, 5.74) is 1.39. The molecular weight excluding hydrogens is 470 g/mol. The number of halogens is 2. The second-order valence-electron chi connectivity index (χ2n) is 8.34. The van der Waals surface area contributed by atoms with Crippen molar-refractivity contribution in [2.24, 2.45) is 0 Å². The Morgan fingerprint density at radius 3 is 2.50 bits per heavy atom. The van der Waals surface area contributed by atoms with Gasteiger partial charge < -0.3 is 14.8 Å². The third kappa shape index (κ3) is 5.35. The number of benzene rings is 3. The smallest absolute Gasteiger partial charge is 0.265 e. The minimum absolute atomic E-state index is 0.00169. The maximum atomic E-state index is 13.4. The van der Waals surface area contributed by atoms with Crippen molar-refractivity contribution in [3.8, 4) is 11.5 Å². The fourth-order valence-corrected chi connectivity index (χ4v) is 3.84. The summed E-state index contributed by atoms with van der Waals surface area (Å²) in [6, 6.07) is 15.7. The number of amides is 2. The molecule has 0 spiro atoms. The Labute approximate surface area is 206 Å². The Kier molecular flexibility index (Phi) is 7.28. The predicted octanol–water partition coefficient (Wildman–Crippen LogP) is 4.22. The van der Waals surface area contributed by atoms with Crippen molar-refractivity contribution in [1.82, 2.24) is 5.32 Å². The van der Waals surface area contributed by atoms with Gasteiger partial charge in [-0.1, -0.05) is 30.3 Å². The number of carbonyl (C=O) groups is 3. The molecule has 0 saturated carbocycles.